The van der Waals surface area contributed by atoms with Crippen LogP contribution in [-0.4, -0.2) is 41.1 Å². The third kappa shape index (κ3) is 9.68. The summed E-state index contributed by atoms with van der Waals surface area (Å²) in [7, 11) is 0. The van der Waals surface area contributed by atoms with E-state index in [1.807, 2.05) is 20.8 Å². The van der Waals surface area contributed by atoms with Gasteiger partial charge in [-0.1, -0.05) is 40.2 Å². The topological polar surface area (TPSA) is 142 Å². The standard InChI is InChI=1S/C26H39NO8/c1-6-9-12-23(30)33-17(5)16(4)24(25(27)26(31)32)18-13-14-19(34-21(28)10-7-2)20(15-18)35-22(29)11-8-3/h13-17,24-25H,6-12,27H2,1-5H3,(H,31,32)/t16?,17?,24?,25-/m0/s1. The number of hydrogen-bond acceptors (Lipinski definition) is 8. The molecule has 35 heavy (non-hydrogen) atoms. The smallest absolute Gasteiger partial charge is 0.321 e. The lowest BCUT2D eigenvalue weighted by molar-refractivity contribution is -0.151. The van der Waals surface area contributed by atoms with Crippen molar-refractivity contribution in [2.45, 2.75) is 97.6 Å². The van der Waals surface area contributed by atoms with E-state index in [2.05, 4.69) is 0 Å². The van der Waals surface area contributed by atoms with E-state index in [1.54, 1.807) is 19.9 Å². The number of nitrogens with two attached hydrogens (primary N) is 1. The van der Waals surface area contributed by atoms with Gasteiger partial charge in [0.15, 0.2) is 11.5 Å². The Morgan fingerprint density at radius 2 is 1.43 bits per heavy atom. The number of carboxylic acid groups (broad SMARTS) is 1. The molecule has 0 amide bonds. The lowest BCUT2D eigenvalue weighted by Crippen LogP contribution is -2.42. The lowest BCUT2D eigenvalue weighted by Gasteiger charge is -2.32. The first kappa shape index (κ1) is 30.1. The first-order chi connectivity index (χ1) is 16.5. The van der Waals surface area contributed by atoms with Crippen LogP contribution in [0, 0.1) is 5.92 Å². The average Bonchev–Trinajstić information content (AvgIpc) is 2.79. The van der Waals surface area contributed by atoms with Crippen molar-refractivity contribution < 1.29 is 38.5 Å². The molecule has 0 bridgehead atoms. The van der Waals surface area contributed by atoms with Gasteiger partial charge in [0.2, 0.25) is 0 Å². The van der Waals surface area contributed by atoms with E-state index < -0.39 is 41.9 Å². The Balaban J connectivity index is 3.37. The second-order valence-corrected chi connectivity index (χ2v) is 8.70. The second kappa shape index (κ2) is 15.1. The van der Waals surface area contributed by atoms with Gasteiger partial charge in [-0.2, -0.15) is 0 Å². The number of rotatable bonds is 15. The van der Waals surface area contributed by atoms with Crippen LogP contribution < -0.4 is 15.2 Å². The first-order valence-corrected chi connectivity index (χ1v) is 12.3. The molecule has 196 valence electrons. The van der Waals surface area contributed by atoms with Crippen molar-refractivity contribution >= 4 is 23.9 Å². The molecule has 0 radical (unpaired) electrons. The summed E-state index contributed by atoms with van der Waals surface area (Å²) in [4.78, 5) is 48.3. The van der Waals surface area contributed by atoms with Crippen LogP contribution >= 0.6 is 0 Å². The maximum absolute atomic E-state index is 12.2. The van der Waals surface area contributed by atoms with Gasteiger partial charge in [0.1, 0.15) is 12.1 Å². The Hall–Kier alpha value is -2.94. The van der Waals surface area contributed by atoms with E-state index in [-0.39, 0.29) is 36.7 Å². The number of hydrogen-bond donors (Lipinski definition) is 2. The number of ether oxygens (including phenoxy) is 3. The number of carbonyl (C=O) groups excluding carboxylic acids is 3. The number of carboxylic acids is 1. The van der Waals surface area contributed by atoms with Crippen LogP contribution in [0.25, 0.3) is 0 Å². The fraction of sp³-hybridized carbons (Fsp3) is 0.615. The predicted octanol–water partition coefficient (Wildman–Crippen LogP) is 4.35. The van der Waals surface area contributed by atoms with E-state index in [0.29, 0.717) is 24.8 Å². The summed E-state index contributed by atoms with van der Waals surface area (Å²) in [6.45, 7) is 9.08. The Bertz CT molecular complexity index is 869. The predicted molar refractivity (Wildman–Crippen MR) is 130 cm³/mol. The van der Waals surface area contributed by atoms with Gasteiger partial charge in [-0.25, -0.2) is 0 Å². The van der Waals surface area contributed by atoms with Crippen LogP contribution in [0.15, 0.2) is 18.2 Å². The van der Waals surface area contributed by atoms with Crippen molar-refractivity contribution in [3.05, 3.63) is 23.8 Å². The molecule has 1 aromatic carbocycles. The minimum absolute atomic E-state index is 0.00721. The normalized spacial score (nSPS) is 14.3. The molecule has 0 aliphatic heterocycles. The van der Waals surface area contributed by atoms with Crippen molar-refractivity contribution in [1.29, 1.82) is 0 Å². The molecule has 0 saturated carbocycles. The molecule has 3 unspecified atom stereocenters. The van der Waals surface area contributed by atoms with E-state index in [0.717, 1.165) is 6.42 Å². The van der Waals surface area contributed by atoms with Crippen LogP contribution in [0.4, 0.5) is 0 Å². The molecule has 0 aliphatic rings. The third-order valence-electron chi connectivity index (χ3n) is 5.74. The van der Waals surface area contributed by atoms with Crippen LogP contribution in [0.1, 0.15) is 91.0 Å². The number of carbonyl (C=O) groups is 4. The summed E-state index contributed by atoms with van der Waals surface area (Å²) in [5.41, 5.74) is 6.52. The zero-order valence-corrected chi connectivity index (χ0v) is 21.4. The van der Waals surface area contributed by atoms with Crippen LogP contribution in [0.3, 0.4) is 0 Å². The second-order valence-electron chi connectivity index (χ2n) is 8.70. The summed E-state index contributed by atoms with van der Waals surface area (Å²) < 4.78 is 16.4. The maximum atomic E-state index is 12.2. The van der Waals surface area contributed by atoms with Crippen molar-refractivity contribution in [1.82, 2.24) is 0 Å². The van der Waals surface area contributed by atoms with Gasteiger partial charge < -0.3 is 25.1 Å². The molecule has 9 nitrogen and oxygen atoms in total. The third-order valence-corrected chi connectivity index (χ3v) is 5.74. The largest absolute Gasteiger partial charge is 0.480 e. The van der Waals surface area contributed by atoms with Crippen LogP contribution in [-0.2, 0) is 23.9 Å². The molecule has 0 heterocycles. The highest BCUT2D eigenvalue weighted by Gasteiger charge is 2.35. The van der Waals surface area contributed by atoms with Gasteiger partial charge in [0.05, 0.1) is 0 Å². The van der Waals surface area contributed by atoms with Gasteiger partial charge in [0, 0.05) is 31.1 Å². The average molecular weight is 494 g/mol. The summed E-state index contributed by atoms with van der Waals surface area (Å²) >= 11 is 0. The maximum Gasteiger partial charge on any atom is 0.321 e. The van der Waals surface area contributed by atoms with Gasteiger partial charge in [-0.05, 0) is 43.9 Å². The van der Waals surface area contributed by atoms with Crippen molar-refractivity contribution in [2.75, 3.05) is 0 Å². The fourth-order valence-electron chi connectivity index (χ4n) is 3.63. The summed E-state index contributed by atoms with van der Waals surface area (Å²) in [5, 5.41) is 9.67. The molecule has 9 heteroatoms. The highest BCUT2D eigenvalue weighted by atomic mass is 16.6. The van der Waals surface area contributed by atoms with Gasteiger partial charge >= 0.3 is 23.9 Å². The van der Waals surface area contributed by atoms with Crippen LogP contribution in [0.5, 0.6) is 11.5 Å². The van der Waals surface area contributed by atoms with Crippen molar-refractivity contribution in [3.8, 4) is 11.5 Å². The van der Waals surface area contributed by atoms with Crippen molar-refractivity contribution in [2.24, 2.45) is 11.7 Å². The molecule has 0 aromatic heterocycles. The molecule has 3 N–H and O–H groups in total. The zero-order chi connectivity index (χ0) is 26.5. The summed E-state index contributed by atoms with van der Waals surface area (Å²) in [6, 6.07) is 3.19. The fourth-order valence-corrected chi connectivity index (χ4v) is 3.63. The van der Waals surface area contributed by atoms with E-state index in [4.69, 9.17) is 19.9 Å². The Morgan fingerprint density at radius 3 is 1.94 bits per heavy atom. The van der Waals surface area contributed by atoms with Gasteiger partial charge in [-0.15, -0.1) is 0 Å². The van der Waals surface area contributed by atoms with Gasteiger partial charge in [-0.3, -0.25) is 19.2 Å². The number of esters is 3. The molecule has 4 atom stereocenters. The van der Waals surface area contributed by atoms with E-state index >= 15 is 0 Å². The lowest BCUT2D eigenvalue weighted by atomic mass is 9.79. The highest BCUT2D eigenvalue weighted by Crippen LogP contribution is 2.37. The minimum Gasteiger partial charge on any atom is -0.480 e. The molecule has 1 aromatic rings. The molecule has 0 spiro atoms. The molecular weight excluding hydrogens is 454 g/mol. The zero-order valence-electron chi connectivity index (χ0n) is 21.4. The molecule has 0 saturated heterocycles. The molecular formula is C26H39NO8. The SMILES string of the molecule is CCCCC(=O)OC(C)C(C)C(c1ccc(OC(=O)CCC)c(OC(=O)CCC)c1)[C@H](N)C(=O)O. The summed E-state index contributed by atoms with van der Waals surface area (Å²) in [5.74, 6) is -3.78. The number of aliphatic carboxylic acids is 1. The molecule has 1 rings (SSSR count). The Labute approximate surface area is 207 Å². The quantitative estimate of drug-likeness (QED) is 0.269. The minimum atomic E-state index is -1.32. The van der Waals surface area contributed by atoms with Crippen LogP contribution in [0.2, 0.25) is 0 Å². The monoisotopic (exact) mass is 493 g/mol. The number of benzene rings is 1. The first-order valence-electron chi connectivity index (χ1n) is 12.3. The molecule has 0 aliphatic carbocycles. The van der Waals surface area contributed by atoms with E-state index in [1.165, 1.54) is 12.1 Å². The Kier molecular flexibility index (Phi) is 13.0. The highest BCUT2D eigenvalue weighted by molar-refractivity contribution is 5.77. The summed E-state index contributed by atoms with van der Waals surface area (Å²) in [6.07, 6.45) is 2.70. The Morgan fingerprint density at radius 1 is 0.857 bits per heavy atom. The molecule has 0 fully saturated rings. The van der Waals surface area contributed by atoms with E-state index in [9.17, 15) is 24.3 Å². The number of unbranched alkanes of at least 4 members (excludes halogenated alkanes) is 1. The van der Waals surface area contributed by atoms with Gasteiger partial charge in [0.25, 0.3) is 0 Å². The van der Waals surface area contributed by atoms with Crippen molar-refractivity contribution in [3.63, 3.8) is 0 Å².